The Balaban J connectivity index is 1.85. The molecule has 4 N–H and O–H groups in total. The van der Waals surface area contributed by atoms with E-state index in [4.69, 9.17) is 29.0 Å². The van der Waals surface area contributed by atoms with Crippen LogP contribution < -0.4 is 16.6 Å². The van der Waals surface area contributed by atoms with Crippen LogP contribution in [0.15, 0.2) is 6.07 Å². The molecule has 20 heavy (non-hydrogen) atoms. The standard InChI is InChI=1S/C13H21Cl2N5/c1-20-6-3-9(4-7-20)2-5-17-12-10(14)8-11(15)13(18-12)19-16/h8-9H,2-7,16H2,1H3,(H2,17,18,19). The topological polar surface area (TPSA) is 66.2 Å². The summed E-state index contributed by atoms with van der Waals surface area (Å²) in [7, 11) is 2.17. The van der Waals surface area contributed by atoms with Gasteiger partial charge in [0.2, 0.25) is 0 Å². The van der Waals surface area contributed by atoms with Gasteiger partial charge in [0.25, 0.3) is 0 Å². The lowest BCUT2D eigenvalue weighted by molar-refractivity contribution is 0.215. The van der Waals surface area contributed by atoms with Crippen molar-refractivity contribution >= 4 is 34.8 Å². The molecule has 1 aromatic heterocycles. The Hall–Kier alpha value is -0.750. The fourth-order valence-corrected chi connectivity index (χ4v) is 2.92. The summed E-state index contributed by atoms with van der Waals surface area (Å²) < 4.78 is 0. The predicted molar refractivity (Wildman–Crippen MR) is 85.4 cm³/mol. The SMILES string of the molecule is CN1CCC(CCNc2nc(NN)c(Cl)cc2Cl)CC1. The Morgan fingerprint density at radius 3 is 2.60 bits per heavy atom. The number of likely N-dealkylation sites (tertiary alicyclic amines) is 1. The van der Waals surface area contributed by atoms with Crippen LogP contribution in [0.3, 0.4) is 0 Å². The molecule has 7 heteroatoms. The molecule has 0 bridgehead atoms. The van der Waals surface area contributed by atoms with Crippen molar-refractivity contribution in [2.45, 2.75) is 19.3 Å². The van der Waals surface area contributed by atoms with Crippen molar-refractivity contribution in [2.75, 3.05) is 37.4 Å². The molecule has 1 aliphatic heterocycles. The summed E-state index contributed by atoms with van der Waals surface area (Å²) in [6.07, 6.45) is 3.64. The second-order valence-electron chi connectivity index (χ2n) is 5.26. The van der Waals surface area contributed by atoms with Crippen LogP contribution in [-0.2, 0) is 0 Å². The average molecular weight is 318 g/mol. The Bertz CT molecular complexity index is 447. The fourth-order valence-electron chi connectivity index (χ4n) is 2.44. The first kappa shape index (κ1) is 15.6. The number of hydrogen-bond donors (Lipinski definition) is 3. The third-order valence-corrected chi connectivity index (χ3v) is 4.33. The number of halogens is 2. The van der Waals surface area contributed by atoms with E-state index in [0.717, 1.165) is 18.9 Å². The van der Waals surface area contributed by atoms with Crippen LogP contribution in [0, 0.1) is 5.92 Å². The Morgan fingerprint density at radius 2 is 1.95 bits per heavy atom. The van der Waals surface area contributed by atoms with Gasteiger partial charge in [0.05, 0.1) is 10.0 Å². The van der Waals surface area contributed by atoms with E-state index in [-0.39, 0.29) is 0 Å². The number of rotatable bonds is 5. The van der Waals surface area contributed by atoms with E-state index in [1.165, 1.54) is 25.9 Å². The molecule has 0 aliphatic carbocycles. The van der Waals surface area contributed by atoms with Crippen molar-refractivity contribution in [1.82, 2.24) is 9.88 Å². The lowest BCUT2D eigenvalue weighted by Gasteiger charge is -2.28. The van der Waals surface area contributed by atoms with Gasteiger partial charge in [0.1, 0.15) is 5.82 Å². The van der Waals surface area contributed by atoms with Crippen LogP contribution in [0.4, 0.5) is 11.6 Å². The maximum atomic E-state index is 6.11. The number of nitrogens with zero attached hydrogens (tertiary/aromatic N) is 2. The monoisotopic (exact) mass is 317 g/mol. The molecule has 1 fully saturated rings. The number of hydrogen-bond acceptors (Lipinski definition) is 5. The minimum absolute atomic E-state index is 0.415. The maximum Gasteiger partial charge on any atom is 0.161 e. The molecule has 0 saturated carbocycles. The van der Waals surface area contributed by atoms with Gasteiger partial charge >= 0.3 is 0 Å². The third kappa shape index (κ3) is 4.12. The maximum absolute atomic E-state index is 6.11. The van der Waals surface area contributed by atoms with E-state index in [1.54, 1.807) is 6.07 Å². The quantitative estimate of drug-likeness (QED) is 0.575. The molecule has 0 aromatic carbocycles. The molecule has 5 nitrogen and oxygen atoms in total. The van der Waals surface area contributed by atoms with Crippen molar-refractivity contribution in [2.24, 2.45) is 11.8 Å². The number of nitrogen functional groups attached to an aromatic ring is 1. The van der Waals surface area contributed by atoms with Crippen molar-refractivity contribution in [3.63, 3.8) is 0 Å². The first-order valence-electron chi connectivity index (χ1n) is 6.85. The molecule has 2 heterocycles. The molecule has 112 valence electrons. The van der Waals surface area contributed by atoms with Gasteiger partial charge in [-0.25, -0.2) is 10.8 Å². The van der Waals surface area contributed by atoms with Gasteiger partial charge in [0, 0.05) is 6.54 Å². The zero-order valence-corrected chi connectivity index (χ0v) is 13.1. The molecular weight excluding hydrogens is 297 g/mol. The molecule has 0 atom stereocenters. The first-order valence-corrected chi connectivity index (χ1v) is 7.61. The average Bonchev–Trinajstić information content (AvgIpc) is 2.43. The zero-order chi connectivity index (χ0) is 14.5. The second-order valence-corrected chi connectivity index (χ2v) is 6.07. The van der Waals surface area contributed by atoms with E-state index in [2.05, 4.69) is 27.7 Å². The summed E-state index contributed by atoms with van der Waals surface area (Å²) >= 11 is 12.1. The second kappa shape index (κ2) is 7.31. The normalized spacial score (nSPS) is 17.2. The van der Waals surface area contributed by atoms with Gasteiger partial charge in [0.15, 0.2) is 5.82 Å². The molecular formula is C13H21Cl2N5. The minimum Gasteiger partial charge on any atom is -0.369 e. The number of pyridine rings is 1. The Labute approximate surface area is 129 Å². The van der Waals surface area contributed by atoms with Gasteiger partial charge in [-0.15, -0.1) is 0 Å². The highest BCUT2D eigenvalue weighted by atomic mass is 35.5. The molecule has 0 amide bonds. The van der Waals surface area contributed by atoms with E-state index in [0.29, 0.717) is 21.7 Å². The first-order chi connectivity index (χ1) is 9.60. The molecule has 2 rings (SSSR count). The minimum atomic E-state index is 0.415. The summed E-state index contributed by atoms with van der Waals surface area (Å²) in [6.45, 7) is 3.23. The summed E-state index contributed by atoms with van der Waals surface area (Å²) in [5.41, 5.74) is 2.46. The highest BCUT2D eigenvalue weighted by Crippen LogP contribution is 2.29. The largest absolute Gasteiger partial charge is 0.369 e. The number of nitrogens with two attached hydrogens (primary N) is 1. The summed E-state index contributed by atoms with van der Waals surface area (Å²) in [5.74, 6) is 7.18. The highest BCUT2D eigenvalue weighted by molar-refractivity contribution is 6.37. The van der Waals surface area contributed by atoms with Gasteiger partial charge < -0.3 is 15.6 Å². The van der Waals surface area contributed by atoms with Crippen LogP contribution in [0.2, 0.25) is 10.0 Å². The van der Waals surface area contributed by atoms with Crippen LogP contribution in [-0.4, -0.2) is 36.6 Å². The lowest BCUT2D eigenvalue weighted by atomic mass is 9.94. The predicted octanol–water partition coefficient (Wildman–Crippen LogP) is 2.82. The van der Waals surface area contributed by atoms with Gasteiger partial charge in [-0.05, 0) is 51.4 Å². The highest BCUT2D eigenvalue weighted by Gasteiger charge is 2.16. The molecule has 1 saturated heterocycles. The van der Waals surface area contributed by atoms with Crippen molar-refractivity contribution in [1.29, 1.82) is 0 Å². The lowest BCUT2D eigenvalue weighted by Crippen LogP contribution is -2.30. The Kier molecular flexibility index (Phi) is 5.72. The van der Waals surface area contributed by atoms with Crippen molar-refractivity contribution in [3.05, 3.63) is 16.1 Å². The fraction of sp³-hybridized carbons (Fsp3) is 0.615. The number of aromatic nitrogens is 1. The van der Waals surface area contributed by atoms with E-state index in [9.17, 15) is 0 Å². The van der Waals surface area contributed by atoms with Crippen LogP contribution in [0.25, 0.3) is 0 Å². The molecule has 0 unspecified atom stereocenters. The zero-order valence-electron chi connectivity index (χ0n) is 11.6. The number of anilines is 2. The summed E-state index contributed by atoms with van der Waals surface area (Å²) in [5, 5.41) is 4.19. The van der Waals surface area contributed by atoms with Crippen LogP contribution >= 0.6 is 23.2 Å². The summed E-state index contributed by atoms with van der Waals surface area (Å²) in [6, 6.07) is 1.64. The number of piperidine rings is 1. The number of hydrazine groups is 1. The molecule has 0 spiro atoms. The number of nitrogens with one attached hydrogen (secondary N) is 2. The van der Waals surface area contributed by atoms with Crippen LogP contribution in [0.5, 0.6) is 0 Å². The molecule has 1 aromatic rings. The Morgan fingerprint density at radius 1 is 1.30 bits per heavy atom. The van der Waals surface area contributed by atoms with Gasteiger partial charge in [-0.1, -0.05) is 23.2 Å². The van der Waals surface area contributed by atoms with Gasteiger partial charge in [-0.2, -0.15) is 0 Å². The van der Waals surface area contributed by atoms with Crippen molar-refractivity contribution in [3.8, 4) is 0 Å². The van der Waals surface area contributed by atoms with Crippen molar-refractivity contribution < 1.29 is 0 Å². The molecule has 1 aliphatic rings. The van der Waals surface area contributed by atoms with Gasteiger partial charge in [-0.3, -0.25) is 0 Å². The summed E-state index contributed by atoms with van der Waals surface area (Å²) in [4.78, 5) is 6.64. The van der Waals surface area contributed by atoms with E-state index < -0.39 is 0 Å². The van der Waals surface area contributed by atoms with E-state index >= 15 is 0 Å². The molecule has 0 radical (unpaired) electrons. The van der Waals surface area contributed by atoms with Crippen LogP contribution in [0.1, 0.15) is 19.3 Å². The van der Waals surface area contributed by atoms with E-state index in [1.807, 2.05) is 0 Å². The third-order valence-electron chi connectivity index (χ3n) is 3.75. The smallest absolute Gasteiger partial charge is 0.161 e.